The molecule has 1 aromatic heterocycles. The SMILES string of the molecule is CCN(c1ccnc(C(=O)NC)c1)C1CCCCC1CN. The lowest BCUT2D eigenvalue weighted by Gasteiger charge is -2.40. The molecule has 1 amide bonds. The molecular formula is C16H26N4O. The van der Waals surface area contributed by atoms with Crippen LogP contribution in [0.2, 0.25) is 0 Å². The van der Waals surface area contributed by atoms with E-state index in [0.717, 1.165) is 18.8 Å². The lowest BCUT2D eigenvalue weighted by Crippen LogP contribution is -2.45. The number of rotatable bonds is 5. The predicted molar refractivity (Wildman–Crippen MR) is 85.4 cm³/mol. The summed E-state index contributed by atoms with van der Waals surface area (Å²) in [6.45, 7) is 3.80. The van der Waals surface area contributed by atoms with Crippen LogP contribution in [0.5, 0.6) is 0 Å². The number of aromatic nitrogens is 1. The van der Waals surface area contributed by atoms with Crippen LogP contribution in [0.1, 0.15) is 43.1 Å². The summed E-state index contributed by atoms with van der Waals surface area (Å²) in [6, 6.07) is 4.33. The number of carbonyl (C=O) groups is 1. The smallest absolute Gasteiger partial charge is 0.269 e. The molecule has 0 radical (unpaired) electrons. The van der Waals surface area contributed by atoms with E-state index in [4.69, 9.17) is 5.73 Å². The quantitative estimate of drug-likeness (QED) is 0.867. The molecule has 1 aliphatic carbocycles. The Kier molecular flexibility index (Phi) is 5.56. The van der Waals surface area contributed by atoms with Crippen LogP contribution in [0.4, 0.5) is 5.69 Å². The Labute approximate surface area is 126 Å². The average molecular weight is 290 g/mol. The molecule has 1 fully saturated rings. The minimum absolute atomic E-state index is 0.146. The predicted octanol–water partition coefficient (Wildman–Crippen LogP) is 1.78. The van der Waals surface area contributed by atoms with E-state index in [1.54, 1.807) is 13.2 Å². The Balaban J connectivity index is 2.25. The molecule has 2 unspecified atom stereocenters. The average Bonchev–Trinajstić information content (AvgIpc) is 2.55. The van der Waals surface area contributed by atoms with Crippen molar-refractivity contribution in [2.45, 2.75) is 38.6 Å². The van der Waals surface area contributed by atoms with Gasteiger partial charge in [-0.3, -0.25) is 9.78 Å². The van der Waals surface area contributed by atoms with Gasteiger partial charge in [0, 0.05) is 31.5 Å². The highest BCUT2D eigenvalue weighted by atomic mass is 16.1. The van der Waals surface area contributed by atoms with Gasteiger partial charge in [-0.05, 0) is 44.4 Å². The molecule has 2 atom stereocenters. The third kappa shape index (κ3) is 3.53. The second-order valence-corrected chi connectivity index (χ2v) is 5.61. The molecule has 0 bridgehead atoms. The first-order valence-corrected chi connectivity index (χ1v) is 7.86. The lowest BCUT2D eigenvalue weighted by atomic mass is 9.83. The summed E-state index contributed by atoms with van der Waals surface area (Å²) in [7, 11) is 1.62. The molecule has 116 valence electrons. The van der Waals surface area contributed by atoms with E-state index in [-0.39, 0.29) is 5.91 Å². The van der Waals surface area contributed by atoms with Crippen molar-refractivity contribution >= 4 is 11.6 Å². The van der Waals surface area contributed by atoms with Gasteiger partial charge in [0.05, 0.1) is 0 Å². The van der Waals surface area contributed by atoms with Crippen LogP contribution in [0.3, 0.4) is 0 Å². The molecular weight excluding hydrogens is 264 g/mol. The molecule has 1 saturated carbocycles. The number of amides is 1. The summed E-state index contributed by atoms with van der Waals surface area (Å²) < 4.78 is 0. The lowest BCUT2D eigenvalue weighted by molar-refractivity contribution is 0.0958. The van der Waals surface area contributed by atoms with Crippen LogP contribution >= 0.6 is 0 Å². The number of anilines is 1. The number of hydrogen-bond acceptors (Lipinski definition) is 4. The molecule has 21 heavy (non-hydrogen) atoms. The van der Waals surface area contributed by atoms with Gasteiger partial charge in [0.15, 0.2) is 0 Å². The molecule has 0 aliphatic heterocycles. The minimum atomic E-state index is -0.146. The first kappa shape index (κ1) is 15.8. The van der Waals surface area contributed by atoms with E-state index in [1.807, 2.05) is 12.1 Å². The summed E-state index contributed by atoms with van der Waals surface area (Å²) >= 11 is 0. The molecule has 1 aromatic rings. The number of nitrogens with one attached hydrogen (secondary N) is 1. The number of nitrogens with two attached hydrogens (primary N) is 1. The van der Waals surface area contributed by atoms with Gasteiger partial charge in [-0.25, -0.2) is 0 Å². The van der Waals surface area contributed by atoms with Gasteiger partial charge in [0.1, 0.15) is 5.69 Å². The molecule has 1 aliphatic rings. The second kappa shape index (κ2) is 7.41. The third-order valence-corrected chi connectivity index (χ3v) is 4.45. The fourth-order valence-corrected chi connectivity index (χ4v) is 3.33. The van der Waals surface area contributed by atoms with Gasteiger partial charge in [0.2, 0.25) is 0 Å². The molecule has 5 nitrogen and oxygen atoms in total. The van der Waals surface area contributed by atoms with E-state index in [0.29, 0.717) is 17.7 Å². The van der Waals surface area contributed by atoms with Gasteiger partial charge in [-0.2, -0.15) is 0 Å². The zero-order chi connectivity index (χ0) is 15.2. The van der Waals surface area contributed by atoms with Crippen molar-refractivity contribution in [1.82, 2.24) is 10.3 Å². The van der Waals surface area contributed by atoms with Gasteiger partial charge in [0.25, 0.3) is 5.91 Å². The van der Waals surface area contributed by atoms with Crippen LogP contribution < -0.4 is 16.0 Å². The Bertz CT molecular complexity index is 477. The van der Waals surface area contributed by atoms with Crippen molar-refractivity contribution in [1.29, 1.82) is 0 Å². The van der Waals surface area contributed by atoms with Crippen LogP contribution in [0, 0.1) is 5.92 Å². The summed E-state index contributed by atoms with van der Waals surface area (Å²) in [5.74, 6) is 0.391. The topological polar surface area (TPSA) is 71.2 Å². The maximum Gasteiger partial charge on any atom is 0.269 e. The Morgan fingerprint density at radius 2 is 2.24 bits per heavy atom. The molecule has 0 aromatic carbocycles. The highest BCUT2D eigenvalue weighted by Gasteiger charge is 2.29. The largest absolute Gasteiger partial charge is 0.368 e. The first-order valence-electron chi connectivity index (χ1n) is 7.86. The summed E-state index contributed by atoms with van der Waals surface area (Å²) in [4.78, 5) is 18.3. The highest BCUT2D eigenvalue weighted by Crippen LogP contribution is 2.31. The normalized spacial score (nSPS) is 21.9. The van der Waals surface area contributed by atoms with E-state index < -0.39 is 0 Å². The van der Waals surface area contributed by atoms with Gasteiger partial charge in [-0.1, -0.05) is 12.8 Å². The maximum atomic E-state index is 11.8. The second-order valence-electron chi connectivity index (χ2n) is 5.61. The van der Waals surface area contributed by atoms with E-state index in [2.05, 4.69) is 22.1 Å². The van der Waals surface area contributed by atoms with Gasteiger partial charge in [-0.15, -0.1) is 0 Å². The highest BCUT2D eigenvalue weighted by molar-refractivity contribution is 5.92. The molecule has 2 rings (SSSR count). The van der Waals surface area contributed by atoms with Crippen LogP contribution in [-0.2, 0) is 0 Å². The Morgan fingerprint density at radius 1 is 1.48 bits per heavy atom. The van der Waals surface area contributed by atoms with E-state index >= 15 is 0 Å². The minimum Gasteiger partial charge on any atom is -0.368 e. The number of carbonyl (C=O) groups excluding carboxylic acids is 1. The fourth-order valence-electron chi connectivity index (χ4n) is 3.33. The van der Waals surface area contributed by atoms with Crippen molar-refractivity contribution in [2.24, 2.45) is 11.7 Å². The number of nitrogens with zero attached hydrogens (tertiary/aromatic N) is 2. The van der Waals surface area contributed by atoms with Gasteiger partial charge < -0.3 is 16.0 Å². The zero-order valence-corrected chi connectivity index (χ0v) is 13.0. The summed E-state index contributed by atoms with van der Waals surface area (Å²) in [6.07, 6.45) is 6.61. The standard InChI is InChI=1S/C16H26N4O/c1-3-20(15-7-5-4-6-12(15)11-17)13-8-9-19-14(10-13)16(21)18-2/h8-10,12,15H,3-7,11,17H2,1-2H3,(H,18,21). The monoisotopic (exact) mass is 290 g/mol. The van der Waals surface area contributed by atoms with Crippen LogP contribution in [0.25, 0.3) is 0 Å². The Hall–Kier alpha value is -1.62. The molecule has 0 spiro atoms. The van der Waals surface area contributed by atoms with Crippen LogP contribution in [-0.4, -0.2) is 37.1 Å². The number of pyridine rings is 1. The molecule has 1 heterocycles. The third-order valence-electron chi connectivity index (χ3n) is 4.45. The molecule has 3 N–H and O–H groups in total. The van der Waals surface area contributed by atoms with E-state index in [9.17, 15) is 4.79 Å². The van der Waals surface area contributed by atoms with Crippen molar-refractivity contribution in [3.05, 3.63) is 24.0 Å². The van der Waals surface area contributed by atoms with E-state index in [1.165, 1.54) is 25.7 Å². The first-order chi connectivity index (χ1) is 10.2. The summed E-state index contributed by atoms with van der Waals surface area (Å²) in [5.41, 5.74) is 7.49. The van der Waals surface area contributed by atoms with Gasteiger partial charge >= 0.3 is 0 Å². The van der Waals surface area contributed by atoms with Crippen LogP contribution in [0.15, 0.2) is 18.3 Å². The molecule has 5 heteroatoms. The molecule has 0 saturated heterocycles. The maximum absolute atomic E-state index is 11.8. The van der Waals surface area contributed by atoms with Crippen molar-refractivity contribution < 1.29 is 4.79 Å². The zero-order valence-electron chi connectivity index (χ0n) is 13.0. The Morgan fingerprint density at radius 3 is 2.90 bits per heavy atom. The summed E-state index contributed by atoms with van der Waals surface area (Å²) in [5, 5.41) is 2.62. The van der Waals surface area contributed by atoms with Crippen molar-refractivity contribution in [3.8, 4) is 0 Å². The van der Waals surface area contributed by atoms with Crippen molar-refractivity contribution in [2.75, 3.05) is 25.0 Å². The number of hydrogen-bond donors (Lipinski definition) is 2. The van der Waals surface area contributed by atoms with Crippen molar-refractivity contribution in [3.63, 3.8) is 0 Å². The fraction of sp³-hybridized carbons (Fsp3) is 0.625.